The number of benzene rings is 2. The molecule has 0 N–H and O–H groups in total. The van der Waals surface area contributed by atoms with E-state index in [9.17, 15) is 0 Å². The number of likely N-dealkylation sites (tertiary alicyclic amines) is 1. The zero-order valence-corrected chi connectivity index (χ0v) is 16.5. The van der Waals surface area contributed by atoms with E-state index in [1.165, 1.54) is 81.0 Å². The van der Waals surface area contributed by atoms with Crippen molar-refractivity contribution in [2.75, 3.05) is 32.7 Å². The maximum absolute atomic E-state index is 2.64. The van der Waals surface area contributed by atoms with Gasteiger partial charge < -0.3 is 4.90 Å². The Labute approximate surface area is 160 Å². The summed E-state index contributed by atoms with van der Waals surface area (Å²) < 4.78 is 0. The molecule has 0 aliphatic carbocycles. The van der Waals surface area contributed by atoms with E-state index in [0.29, 0.717) is 0 Å². The first kappa shape index (κ1) is 19.4. The van der Waals surface area contributed by atoms with Crippen LogP contribution in [0.25, 0.3) is 10.8 Å². The number of rotatable bonds is 10. The fraction of sp³-hybridized carbons (Fsp3) is 0.542. The van der Waals surface area contributed by atoms with Gasteiger partial charge in [0.15, 0.2) is 0 Å². The molecule has 2 aromatic carbocycles. The molecule has 0 atom stereocenters. The third kappa shape index (κ3) is 5.82. The van der Waals surface area contributed by atoms with Gasteiger partial charge in [-0.2, -0.15) is 0 Å². The molecular weight excluding hydrogens is 316 g/mol. The number of nitrogens with zero attached hydrogens (tertiary/aromatic N) is 2. The van der Waals surface area contributed by atoms with Crippen molar-refractivity contribution in [2.45, 2.75) is 52.0 Å². The van der Waals surface area contributed by atoms with E-state index in [2.05, 4.69) is 65.6 Å². The first-order valence-electron chi connectivity index (χ1n) is 10.6. The van der Waals surface area contributed by atoms with Crippen LogP contribution in [0.5, 0.6) is 0 Å². The second kappa shape index (κ2) is 10.7. The minimum Gasteiger partial charge on any atom is -0.303 e. The molecule has 0 unspecified atom stereocenters. The maximum Gasteiger partial charge on any atom is 0.0239 e. The molecule has 3 rings (SSSR count). The summed E-state index contributed by atoms with van der Waals surface area (Å²) >= 11 is 0. The summed E-state index contributed by atoms with van der Waals surface area (Å²) in [6, 6.07) is 15.5. The van der Waals surface area contributed by atoms with Gasteiger partial charge in [0.2, 0.25) is 0 Å². The van der Waals surface area contributed by atoms with Crippen molar-refractivity contribution in [3.05, 3.63) is 54.4 Å². The predicted molar refractivity (Wildman–Crippen MR) is 113 cm³/mol. The van der Waals surface area contributed by atoms with Crippen molar-refractivity contribution < 1.29 is 0 Å². The molecule has 1 fully saturated rings. The highest BCUT2D eigenvalue weighted by Crippen LogP contribution is 2.20. The van der Waals surface area contributed by atoms with Crippen LogP contribution < -0.4 is 0 Å². The predicted octanol–water partition coefficient (Wildman–Crippen LogP) is 5.52. The van der Waals surface area contributed by atoms with E-state index in [4.69, 9.17) is 0 Å². The van der Waals surface area contributed by atoms with Gasteiger partial charge in [-0.1, -0.05) is 62.2 Å². The number of fused-ring (bicyclic) bond motifs is 1. The summed E-state index contributed by atoms with van der Waals surface area (Å²) in [6.45, 7) is 9.59. The Hall–Kier alpha value is -1.38. The summed E-state index contributed by atoms with van der Waals surface area (Å²) in [4.78, 5) is 5.24. The Kier molecular flexibility index (Phi) is 7.97. The number of hydrogen-bond donors (Lipinski definition) is 0. The Morgan fingerprint density at radius 1 is 0.885 bits per heavy atom. The molecule has 0 saturated carbocycles. The van der Waals surface area contributed by atoms with Crippen molar-refractivity contribution in [1.82, 2.24) is 9.80 Å². The van der Waals surface area contributed by atoms with Crippen molar-refractivity contribution in [2.24, 2.45) is 0 Å². The Morgan fingerprint density at radius 3 is 2.50 bits per heavy atom. The smallest absolute Gasteiger partial charge is 0.0239 e. The second-order valence-electron chi connectivity index (χ2n) is 7.63. The minimum absolute atomic E-state index is 1.07. The van der Waals surface area contributed by atoms with Crippen LogP contribution in [0.15, 0.2) is 42.5 Å². The van der Waals surface area contributed by atoms with Gasteiger partial charge in [0.25, 0.3) is 0 Å². The van der Waals surface area contributed by atoms with Crippen molar-refractivity contribution in [3.8, 4) is 0 Å². The lowest BCUT2D eigenvalue weighted by Crippen LogP contribution is -2.30. The van der Waals surface area contributed by atoms with Crippen molar-refractivity contribution >= 4 is 10.8 Å². The van der Waals surface area contributed by atoms with Gasteiger partial charge in [0, 0.05) is 6.54 Å². The molecule has 1 aliphatic rings. The zero-order valence-electron chi connectivity index (χ0n) is 16.5. The zero-order chi connectivity index (χ0) is 18.0. The van der Waals surface area contributed by atoms with E-state index in [0.717, 1.165) is 13.1 Å². The summed E-state index contributed by atoms with van der Waals surface area (Å²) in [5.41, 5.74) is 1.46. The summed E-state index contributed by atoms with van der Waals surface area (Å²) in [7, 11) is 0. The van der Waals surface area contributed by atoms with Crippen LogP contribution in [-0.2, 0) is 6.54 Å². The lowest BCUT2D eigenvalue weighted by atomic mass is 10.0. The third-order valence-electron chi connectivity index (χ3n) is 5.72. The summed E-state index contributed by atoms with van der Waals surface area (Å²) in [5.74, 6) is 0. The standard InChI is InChI=1S/C24H35N2/c1-2-25(17-8-3-4-9-18-26-19-10-5-11-20-26)21-23-15-12-14-22-13-6-7-16-24(22)23/h5-7,12-16H,2-4,8-11,17-21H2,1H3. The number of hydrogen-bond acceptors (Lipinski definition) is 2. The molecule has 2 nitrogen and oxygen atoms in total. The molecule has 1 aliphatic heterocycles. The molecule has 2 heteroatoms. The highest BCUT2D eigenvalue weighted by molar-refractivity contribution is 5.85. The molecule has 0 aromatic heterocycles. The number of unbranched alkanes of at least 4 members (excludes halogenated alkanes) is 3. The largest absolute Gasteiger partial charge is 0.303 e. The Morgan fingerprint density at radius 2 is 1.65 bits per heavy atom. The van der Waals surface area contributed by atoms with Gasteiger partial charge in [-0.25, -0.2) is 0 Å². The second-order valence-corrected chi connectivity index (χ2v) is 7.63. The Bertz CT molecular complexity index is 640. The molecular formula is C24H35N2. The first-order valence-corrected chi connectivity index (χ1v) is 10.6. The molecule has 26 heavy (non-hydrogen) atoms. The summed E-state index contributed by atoms with van der Waals surface area (Å²) in [5, 5.41) is 2.77. The van der Waals surface area contributed by atoms with Gasteiger partial charge in [-0.15, -0.1) is 0 Å². The lowest BCUT2D eigenvalue weighted by molar-refractivity contribution is 0.244. The summed E-state index contributed by atoms with van der Waals surface area (Å²) in [6.07, 6.45) is 10.5. The molecule has 141 valence electrons. The minimum atomic E-state index is 1.07. The van der Waals surface area contributed by atoms with E-state index < -0.39 is 0 Å². The van der Waals surface area contributed by atoms with Crippen molar-refractivity contribution in [1.29, 1.82) is 0 Å². The van der Waals surface area contributed by atoms with E-state index in [-0.39, 0.29) is 0 Å². The SMILES string of the molecule is CCN(CCCCCCN1CC[CH]CC1)Cc1cccc2ccccc12. The Balaban J connectivity index is 1.37. The van der Waals surface area contributed by atoms with Crippen LogP contribution in [-0.4, -0.2) is 42.5 Å². The fourth-order valence-corrected chi connectivity index (χ4v) is 4.07. The first-order chi connectivity index (χ1) is 12.9. The monoisotopic (exact) mass is 351 g/mol. The van der Waals surface area contributed by atoms with E-state index in [1.54, 1.807) is 0 Å². The highest BCUT2D eigenvalue weighted by Gasteiger charge is 2.09. The van der Waals surface area contributed by atoms with Crippen LogP contribution in [0.2, 0.25) is 0 Å². The average Bonchev–Trinajstić information content (AvgIpc) is 2.70. The molecule has 1 heterocycles. The lowest BCUT2D eigenvalue weighted by Gasteiger charge is -2.26. The quantitative estimate of drug-likeness (QED) is 0.520. The van der Waals surface area contributed by atoms with Crippen LogP contribution in [0.4, 0.5) is 0 Å². The van der Waals surface area contributed by atoms with Crippen molar-refractivity contribution in [3.63, 3.8) is 0 Å². The van der Waals surface area contributed by atoms with E-state index >= 15 is 0 Å². The molecule has 0 amide bonds. The molecule has 0 bridgehead atoms. The topological polar surface area (TPSA) is 6.48 Å². The van der Waals surface area contributed by atoms with Gasteiger partial charge in [0.1, 0.15) is 0 Å². The normalized spacial score (nSPS) is 15.8. The number of piperidine rings is 1. The molecule has 1 saturated heterocycles. The molecule has 1 radical (unpaired) electrons. The van der Waals surface area contributed by atoms with Crippen LogP contribution in [0, 0.1) is 6.42 Å². The molecule has 2 aromatic rings. The van der Waals surface area contributed by atoms with Gasteiger partial charge in [-0.05, 0) is 81.2 Å². The maximum atomic E-state index is 2.64. The van der Waals surface area contributed by atoms with Crippen LogP contribution in [0.3, 0.4) is 0 Å². The average molecular weight is 352 g/mol. The third-order valence-corrected chi connectivity index (χ3v) is 5.72. The van der Waals surface area contributed by atoms with Crippen LogP contribution >= 0.6 is 0 Å². The van der Waals surface area contributed by atoms with E-state index in [1.807, 2.05) is 0 Å². The van der Waals surface area contributed by atoms with Gasteiger partial charge in [0.05, 0.1) is 0 Å². The van der Waals surface area contributed by atoms with Gasteiger partial charge >= 0.3 is 0 Å². The molecule has 0 spiro atoms. The highest BCUT2D eigenvalue weighted by atomic mass is 15.1. The van der Waals surface area contributed by atoms with Crippen LogP contribution in [0.1, 0.15) is 51.0 Å². The fourth-order valence-electron chi connectivity index (χ4n) is 4.07. The van der Waals surface area contributed by atoms with Gasteiger partial charge in [-0.3, -0.25) is 4.90 Å².